The normalized spacial score (nSPS) is 13.3. The van der Waals surface area contributed by atoms with Gasteiger partial charge in [0.2, 0.25) is 0 Å². The smallest absolute Gasteiger partial charge is 0.175 e. The van der Waals surface area contributed by atoms with Crippen LogP contribution in [0.5, 0.6) is 0 Å². The van der Waals surface area contributed by atoms with E-state index >= 15 is 0 Å². The van der Waals surface area contributed by atoms with Crippen molar-refractivity contribution in [1.82, 2.24) is 15.1 Å². The predicted molar refractivity (Wildman–Crippen MR) is 83.0 cm³/mol. The van der Waals surface area contributed by atoms with Gasteiger partial charge in [0.1, 0.15) is 0 Å². The topological polar surface area (TPSA) is 64.0 Å². The summed E-state index contributed by atoms with van der Waals surface area (Å²) in [6.07, 6.45) is 4.02. The van der Waals surface area contributed by atoms with E-state index in [-0.39, 0.29) is 6.04 Å². The van der Waals surface area contributed by atoms with Gasteiger partial charge in [-0.3, -0.25) is 4.68 Å². The molecular formula is C15H21N3O2S. The number of hydrogen-bond acceptors (Lipinski definition) is 4. The third kappa shape index (κ3) is 3.51. The molecule has 21 heavy (non-hydrogen) atoms. The van der Waals surface area contributed by atoms with Crippen molar-refractivity contribution in [3.8, 4) is 0 Å². The Labute approximate surface area is 125 Å². The summed E-state index contributed by atoms with van der Waals surface area (Å²) in [5, 5.41) is 7.61. The van der Waals surface area contributed by atoms with Gasteiger partial charge >= 0.3 is 0 Å². The van der Waals surface area contributed by atoms with Crippen LogP contribution >= 0.6 is 0 Å². The maximum atomic E-state index is 11.5. The van der Waals surface area contributed by atoms with Crippen molar-refractivity contribution in [2.45, 2.75) is 30.8 Å². The quantitative estimate of drug-likeness (QED) is 0.886. The van der Waals surface area contributed by atoms with E-state index < -0.39 is 9.84 Å². The number of benzene rings is 1. The zero-order chi connectivity index (χ0) is 15.5. The van der Waals surface area contributed by atoms with E-state index in [0.717, 1.165) is 24.2 Å². The largest absolute Gasteiger partial charge is 0.308 e. The number of nitrogens with one attached hydrogen (secondary N) is 1. The Bertz CT molecular complexity index is 690. The molecule has 1 heterocycles. The van der Waals surface area contributed by atoms with Gasteiger partial charge in [-0.2, -0.15) is 5.10 Å². The maximum Gasteiger partial charge on any atom is 0.175 e. The Kier molecular flexibility index (Phi) is 4.80. The minimum atomic E-state index is -3.16. The van der Waals surface area contributed by atoms with Crippen molar-refractivity contribution in [3.05, 3.63) is 47.8 Å². The number of sulfone groups is 1. The molecule has 0 bridgehead atoms. The summed E-state index contributed by atoms with van der Waals surface area (Å²) in [7, 11) is -1.27. The lowest BCUT2D eigenvalue weighted by Crippen LogP contribution is -2.21. The highest BCUT2D eigenvalue weighted by Gasteiger charge is 2.17. The fourth-order valence-corrected chi connectivity index (χ4v) is 3.01. The van der Waals surface area contributed by atoms with Crippen LogP contribution in [0.4, 0.5) is 0 Å². The molecular weight excluding hydrogens is 286 g/mol. The molecule has 0 radical (unpaired) electrons. The first-order valence-corrected chi connectivity index (χ1v) is 8.85. The Morgan fingerprint density at radius 1 is 1.24 bits per heavy atom. The molecule has 0 aliphatic rings. The molecule has 0 saturated carbocycles. The van der Waals surface area contributed by atoms with Crippen molar-refractivity contribution in [2.75, 3.05) is 13.3 Å². The highest BCUT2D eigenvalue weighted by Crippen LogP contribution is 2.23. The molecule has 5 nitrogen and oxygen atoms in total. The van der Waals surface area contributed by atoms with Crippen molar-refractivity contribution < 1.29 is 8.42 Å². The molecule has 2 rings (SSSR count). The lowest BCUT2D eigenvalue weighted by molar-refractivity contribution is 0.534. The fourth-order valence-electron chi connectivity index (χ4n) is 2.38. The van der Waals surface area contributed by atoms with Crippen LogP contribution in [-0.2, 0) is 16.4 Å². The van der Waals surface area contributed by atoms with Crippen molar-refractivity contribution in [3.63, 3.8) is 0 Å². The van der Waals surface area contributed by atoms with E-state index in [1.165, 1.54) is 6.26 Å². The van der Waals surface area contributed by atoms with E-state index in [4.69, 9.17) is 0 Å². The van der Waals surface area contributed by atoms with E-state index in [1.54, 1.807) is 18.3 Å². The van der Waals surface area contributed by atoms with Gasteiger partial charge in [0, 0.05) is 19.0 Å². The van der Waals surface area contributed by atoms with Crippen molar-refractivity contribution in [2.24, 2.45) is 0 Å². The third-order valence-electron chi connectivity index (χ3n) is 3.41. The van der Waals surface area contributed by atoms with Crippen LogP contribution in [0.3, 0.4) is 0 Å². The molecule has 1 aromatic carbocycles. The molecule has 1 unspecified atom stereocenters. The second kappa shape index (κ2) is 6.41. The van der Waals surface area contributed by atoms with Gasteiger partial charge in [0.15, 0.2) is 9.84 Å². The van der Waals surface area contributed by atoms with Crippen LogP contribution in [0.15, 0.2) is 41.4 Å². The lowest BCUT2D eigenvalue weighted by Gasteiger charge is -2.18. The van der Waals surface area contributed by atoms with Gasteiger partial charge in [-0.05, 0) is 37.2 Å². The van der Waals surface area contributed by atoms with E-state index in [2.05, 4.69) is 17.3 Å². The number of hydrogen-bond donors (Lipinski definition) is 1. The van der Waals surface area contributed by atoms with Crippen LogP contribution in [0.2, 0.25) is 0 Å². The minimum Gasteiger partial charge on any atom is -0.308 e. The van der Waals surface area contributed by atoms with E-state index in [0.29, 0.717) is 4.90 Å². The summed E-state index contributed by atoms with van der Waals surface area (Å²) in [6, 6.07) is 8.97. The Hall–Kier alpha value is -1.66. The number of aromatic nitrogens is 2. The Morgan fingerprint density at radius 3 is 2.43 bits per heavy atom. The van der Waals surface area contributed by atoms with Crippen LogP contribution in [0, 0.1) is 0 Å². The molecule has 1 aromatic heterocycles. The van der Waals surface area contributed by atoms with Gasteiger partial charge in [-0.25, -0.2) is 8.42 Å². The molecule has 1 atom stereocenters. The highest BCUT2D eigenvalue weighted by atomic mass is 32.2. The fraction of sp³-hybridized carbons (Fsp3) is 0.400. The molecule has 0 saturated heterocycles. The standard InChI is InChI=1S/C15H21N3O2S/c1-4-11-18-14(9-10-17-18)15(16-2)12-5-7-13(8-6-12)21(3,19)20/h5-10,15-16H,4,11H2,1-3H3. The monoisotopic (exact) mass is 307 g/mol. The summed E-state index contributed by atoms with van der Waals surface area (Å²) in [6.45, 7) is 2.97. The van der Waals surface area contributed by atoms with E-state index in [9.17, 15) is 8.42 Å². The first-order valence-electron chi connectivity index (χ1n) is 6.96. The zero-order valence-corrected chi connectivity index (χ0v) is 13.4. The SMILES string of the molecule is CCCn1nccc1C(NC)c1ccc(S(C)(=O)=O)cc1. The second-order valence-corrected chi connectivity index (χ2v) is 7.06. The van der Waals surface area contributed by atoms with Gasteiger partial charge in [-0.1, -0.05) is 19.1 Å². The molecule has 0 amide bonds. The van der Waals surface area contributed by atoms with Gasteiger partial charge in [0.25, 0.3) is 0 Å². The van der Waals surface area contributed by atoms with Crippen LogP contribution < -0.4 is 5.32 Å². The summed E-state index contributed by atoms with van der Waals surface area (Å²) >= 11 is 0. The predicted octanol–water partition coefficient (Wildman–Crippen LogP) is 2.01. The Balaban J connectivity index is 2.35. The van der Waals surface area contributed by atoms with Gasteiger partial charge in [0.05, 0.1) is 16.6 Å². The number of nitrogens with zero attached hydrogens (tertiary/aromatic N) is 2. The molecule has 0 spiro atoms. The third-order valence-corrected chi connectivity index (χ3v) is 4.54. The number of aryl methyl sites for hydroxylation is 1. The molecule has 114 valence electrons. The lowest BCUT2D eigenvalue weighted by atomic mass is 10.0. The van der Waals surface area contributed by atoms with Crippen LogP contribution in [0.25, 0.3) is 0 Å². The second-order valence-electron chi connectivity index (χ2n) is 5.04. The molecule has 0 fully saturated rings. The average molecular weight is 307 g/mol. The summed E-state index contributed by atoms with van der Waals surface area (Å²) in [5.41, 5.74) is 2.09. The highest BCUT2D eigenvalue weighted by molar-refractivity contribution is 7.90. The Morgan fingerprint density at radius 2 is 1.90 bits per heavy atom. The molecule has 2 aromatic rings. The summed E-state index contributed by atoms with van der Waals surface area (Å²) in [4.78, 5) is 0.336. The molecule has 1 N–H and O–H groups in total. The van der Waals surface area contributed by atoms with Crippen molar-refractivity contribution in [1.29, 1.82) is 0 Å². The maximum absolute atomic E-state index is 11.5. The van der Waals surface area contributed by atoms with Crippen LogP contribution in [0.1, 0.15) is 30.6 Å². The summed E-state index contributed by atoms with van der Waals surface area (Å²) in [5.74, 6) is 0. The minimum absolute atomic E-state index is 0.00680. The number of rotatable bonds is 6. The molecule has 0 aliphatic carbocycles. The summed E-state index contributed by atoms with van der Waals surface area (Å²) < 4.78 is 25.0. The molecule has 0 aliphatic heterocycles. The molecule has 6 heteroatoms. The average Bonchev–Trinajstić information content (AvgIpc) is 2.88. The first kappa shape index (κ1) is 15.7. The van der Waals surface area contributed by atoms with Gasteiger partial charge < -0.3 is 5.32 Å². The van der Waals surface area contributed by atoms with Gasteiger partial charge in [-0.15, -0.1) is 0 Å². The first-order chi connectivity index (χ1) is 9.97. The van der Waals surface area contributed by atoms with Crippen LogP contribution in [-0.4, -0.2) is 31.5 Å². The zero-order valence-electron chi connectivity index (χ0n) is 12.6. The van der Waals surface area contributed by atoms with E-state index in [1.807, 2.05) is 29.9 Å². The van der Waals surface area contributed by atoms with Crippen molar-refractivity contribution >= 4 is 9.84 Å².